The van der Waals surface area contributed by atoms with E-state index in [1.54, 1.807) is 12.1 Å². The van der Waals surface area contributed by atoms with Crippen molar-refractivity contribution in [2.75, 3.05) is 11.9 Å². The van der Waals surface area contributed by atoms with Crippen LogP contribution in [0.15, 0.2) is 24.3 Å². The molecular weight excluding hydrogens is 332 g/mol. The first kappa shape index (κ1) is 16.9. The van der Waals surface area contributed by atoms with Crippen LogP contribution in [0.1, 0.15) is 30.1 Å². The Morgan fingerprint density at radius 2 is 2.10 bits per heavy atom. The van der Waals surface area contributed by atoms with Gasteiger partial charge >= 0.3 is 6.61 Å². The predicted molar refractivity (Wildman–Crippen MR) is 77.6 cm³/mol. The monoisotopic (exact) mass is 349 g/mol. The van der Waals surface area contributed by atoms with Crippen LogP contribution in [0.25, 0.3) is 0 Å². The molecule has 1 aromatic rings. The number of nitrogens with one attached hydrogen (secondary N) is 1. The van der Waals surface area contributed by atoms with Gasteiger partial charge in [0.1, 0.15) is 5.75 Å². The molecule has 0 bridgehead atoms. The third-order valence-corrected chi connectivity index (χ3v) is 3.88. The molecule has 0 aromatic heterocycles. The molecule has 0 heterocycles. The maximum Gasteiger partial charge on any atom is 0.387 e. The molecule has 6 heteroatoms. The highest BCUT2D eigenvalue weighted by molar-refractivity contribution is 9.09. The van der Waals surface area contributed by atoms with Gasteiger partial charge in [-0.05, 0) is 30.9 Å². The summed E-state index contributed by atoms with van der Waals surface area (Å²) in [7, 11) is 0. The zero-order chi connectivity index (χ0) is 15.0. The van der Waals surface area contributed by atoms with Crippen molar-refractivity contribution in [3.63, 3.8) is 0 Å². The summed E-state index contributed by atoms with van der Waals surface area (Å²) in [4.78, 5) is 11.9. The first-order valence-corrected chi connectivity index (χ1v) is 7.54. The van der Waals surface area contributed by atoms with E-state index in [1.807, 2.05) is 0 Å². The lowest BCUT2D eigenvalue weighted by Gasteiger charge is -2.11. The van der Waals surface area contributed by atoms with Gasteiger partial charge in [-0.3, -0.25) is 4.79 Å². The second-order valence-corrected chi connectivity index (χ2v) is 5.18. The normalized spacial score (nSPS) is 12.2. The zero-order valence-corrected chi connectivity index (χ0v) is 12.8. The third-order valence-electron chi connectivity index (χ3n) is 2.77. The number of amides is 1. The van der Waals surface area contributed by atoms with Crippen LogP contribution in [-0.4, -0.2) is 24.4 Å². The molecule has 1 unspecified atom stereocenters. The van der Waals surface area contributed by atoms with Crippen LogP contribution < -0.4 is 10.1 Å². The number of halogens is 3. The van der Waals surface area contributed by atoms with Gasteiger partial charge in [-0.25, -0.2) is 0 Å². The summed E-state index contributed by atoms with van der Waals surface area (Å²) in [5, 5.41) is 3.64. The Bertz CT molecular complexity index is 429. The van der Waals surface area contributed by atoms with E-state index in [9.17, 15) is 13.6 Å². The molecule has 1 atom stereocenters. The minimum absolute atomic E-state index is 0.103. The van der Waals surface area contributed by atoms with Crippen LogP contribution in [0.2, 0.25) is 0 Å². The average Bonchev–Trinajstić information content (AvgIpc) is 2.43. The van der Waals surface area contributed by atoms with Gasteiger partial charge in [0.2, 0.25) is 0 Å². The number of hydrogen-bond donors (Lipinski definition) is 1. The summed E-state index contributed by atoms with van der Waals surface area (Å²) >= 11 is 3.39. The highest BCUT2D eigenvalue weighted by atomic mass is 79.9. The molecule has 1 N–H and O–H groups in total. The fourth-order valence-corrected chi connectivity index (χ4v) is 2.00. The zero-order valence-electron chi connectivity index (χ0n) is 11.2. The van der Waals surface area contributed by atoms with Crippen molar-refractivity contribution in [1.82, 2.24) is 5.32 Å². The smallest absolute Gasteiger partial charge is 0.387 e. The predicted octanol–water partition coefficient (Wildman–Crippen LogP) is 3.83. The first-order chi connectivity index (χ1) is 9.54. The molecule has 1 aromatic carbocycles. The topological polar surface area (TPSA) is 38.3 Å². The van der Waals surface area contributed by atoms with Crippen molar-refractivity contribution in [2.45, 2.75) is 26.4 Å². The van der Waals surface area contributed by atoms with Gasteiger partial charge in [0.05, 0.1) is 5.56 Å². The summed E-state index contributed by atoms with van der Waals surface area (Å²) in [6, 6.07) is 5.98. The van der Waals surface area contributed by atoms with Gasteiger partial charge in [0.25, 0.3) is 5.91 Å². The highest BCUT2D eigenvalue weighted by Crippen LogP contribution is 2.20. The maximum absolute atomic E-state index is 12.2. The second kappa shape index (κ2) is 8.89. The van der Waals surface area contributed by atoms with Crippen molar-refractivity contribution in [1.29, 1.82) is 0 Å². The lowest BCUT2D eigenvalue weighted by atomic mass is 10.1. The van der Waals surface area contributed by atoms with Crippen LogP contribution in [-0.2, 0) is 0 Å². The number of alkyl halides is 3. The molecule has 1 rings (SSSR count). The molecule has 0 aliphatic heterocycles. The molecule has 0 radical (unpaired) electrons. The molecule has 0 saturated carbocycles. The Morgan fingerprint density at radius 3 is 2.75 bits per heavy atom. The fourth-order valence-electron chi connectivity index (χ4n) is 1.68. The number of hydrogen-bond acceptors (Lipinski definition) is 2. The number of ether oxygens (including phenoxy) is 1. The quantitative estimate of drug-likeness (QED) is 0.572. The first-order valence-electron chi connectivity index (χ1n) is 6.42. The Hall–Kier alpha value is -1.17. The van der Waals surface area contributed by atoms with E-state index in [2.05, 4.69) is 32.9 Å². The standard InChI is InChI=1S/C14H18BrF2NO2/c1-10(9-15)5-4-8-18-13(19)11-6-2-3-7-12(11)20-14(16)17/h2-3,6-7,10,14H,4-5,8-9H2,1H3,(H,18,19). The van der Waals surface area contributed by atoms with Crippen molar-refractivity contribution >= 4 is 21.8 Å². The second-order valence-electron chi connectivity index (χ2n) is 4.53. The van der Waals surface area contributed by atoms with E-state index in [-0.39, 0.29) is 11.3 Å². The molecule has 0 saturated heterocycles. The van der Waals surface area contributed by atoms with Crippen molar-refractivity contribution in [3.05, 3.63) is 29.8 Å². The average molecular weight is 350 g/mol. The van der Waals surface area contributed by atoms with Gasteiger partial charge in [-0.1, -0.05) is 35.0 Å². The molecule has 1 amide bonds. The van der Waals surface area contributed by atoms with Crippen LogP contribution in [0.4, 0.5) is 8.78 Å². The Balaban J connectivity index is 2.51. The number of rotatable bonds is 8. The van der Waals surface area contributed by atoms with Gasteiger partial charge in [0.15, 0.2) is 0 Å². The van der Waals surface area contributed by atoms with Gasteiger partial charge in [-0.2, -0.15) is 8.78 Å². The summed E-state index contributed by atoms with van der Waals surface area (Å²) in [5.74, 6) is 0.0444. The molecular formula is C14H18BrF2NO2. The van der Waals surface area contributed by atoms with Gasteiger partial charge in [-0.15, -0.1) is 0 Å². The molecule has 112 valence electrons. The van der Waals surface area contributed by atoms with Gasteiger partial charge < -0.3 is 10.1 Å². The molecule has 20 heavy (non-hydrogen) atoms. The molecule has 0 fully saturated rings. The lowest BCUT2D eigenvalue weighted by molar-refractivity contribution is -0.0501. The number of carbonyl (C=O) groups is 1. The van der Waals surface area contributed by atoms with E-state index < -0.39 is 12.5 Å². The Kier molecular flexibility index (Phi) is 7.51. The van der Waals surface area contributed by atoms with E-state index in [4.69, 9.17) is 0 Å². The fraction of sp³-hybridized carbons (Fsp3) is 0.500. The summed E-state index contributed by atoms with van der Waals surface area (Å²) in [6.45, 7) is -0.314. The van der Waals surface area contributed by atoms with Crippen molar-refractivity contribution in [2.24, 2.45) is 5.92 Å². The van der Waals surface area contributed by atoms with Crippen LogP contribution in [0, 0.1) is 5.92 Å². The Labute approximate surface area is 125 Å². The maximum atomic E-state index is 12.2. The van der Waals surface area contributed by atoms with E-state index in [0.29, 0.717) is 12.5 Å². The van der Waals surface area contributed by atoms with Crippen LogP contribution in [0.3, 0.4) is 0 Å². The summed E-state index contributed by atoms with van der Waals surface area (Å²) in [5.41, 5.74) is 0.126. The van der Waals surface area contributed by atoms with Gasteiger partial charge in [0, 0.05) is 11.9 Å². The minimum Gasteiger partial charge on any atom is -0.434 e. The molecule has 3 nitrogen and oxygen atoms in total. The molecule has 0 aliphatic rings. The van der Waals surface area contributed by atoms with Crippen molar-refractivity contribution < 1.29 is 18.3 Å². The van der Waals surface area contributed by atoms with E-state index in [1.165, 1.54) is 12.1 Å². The lowest BCUT2D eigenvalue weighted by Crippen LogP contribution is -2.25. The summed E-state index contributed by atoms with van der Waals surface area (Å²) in [6.07, 6.45) is 1.83. The minimum atomic E-state index is -2.94. The highest BCUT2D eigenvalue weighted by Gasteiger charge is 2.14. The van der Waals surface area contributed by atoms with Crippen LogP contribution >= 0.6 is 15.9 Å². The SMILES string of the molecule is CC(CBr)CCCNC(=O)c1ccccc1OC(F)F. The summed E-state index contributed by atoms with van der Waals surface area (Å²) < 4.78 is 28.8. The number of carbonyl (C=O) groups excluding carboxylic acids is 1. The molecule has 0 aliphatic carbocycles. The van der Waals surface area contributed by atoms with Crippen LogP contribution in [0.5, 0.6) is 5.75 Å². The van der Waals surface area contributed by atoms with E-state index >= 15 is 0 Å². The number of para-hydroxylation sites is 1. The third kappa shape index (κ3) is 5.86. The largest absolute Gasteiger partial charge is 0.434 e. The van der Waals surface area contributed by atoms with Crippen molar-refractivity contribution in [3.8, 4) is 5.75 Å². The molecule has 0 spiro atoms. The number of benzene rings is 1. The Morgan fingerprint density at radius 1 is 1.40 bits per heavy atom. The van der Waals surface area contributed by atoms with E-state index in [0.717, 1.165) is 18.2 Å².